The van der Waals surface area contributed by atoms with Crippen molar-refractivity contribution in [2.45, 2.75) is 19.1 Å². The Bertz CT molecular complexity index is 569. The van der Waals surface area contributed by atoms with Crippen LogP contribution in [-0.2, 0) is 11.4 Å². The monoisotopic (exact) mass is 303 g/mol. The summed E-state index contributed by atoms with van der Waals surface area (Å²) >= 11 is 5.48. The quantitative estimate of drug-likeness (QED) is 0.797. The van der Waals surface area contributed by atoms with Crippen LogP contribution < -0.4 is 10.5 Å². The molecular formula is C17H18ClNO2. The second kappa shape index (κ2) is 7.81. The van der Waals surface area contributed by atoms with Crippen molar-refractivity contribution >= 4 is 17.4 Å². The molecule has 21 heavy (non-hydrogen) atoms. The minimum absolute atomic E-state index is 0.00592. The van der Waals surface area contributed by atoms with Crippen molar-refractivity contribution < 1.29 is 9.53 Å². The van der Waals surface area contributed by atoms with E-state index in [-0.39, 0.29) is 24.1 Å². The Morgan fingerprint density at radius 1 is 1.10 bits per heavy atom. The fraction of sp³-hybridized carbons (Fsp3) is 0.235. The minimum Gasteiger partial charge on any atom is -0.489 e. The highest BCUT2D eigenvalue weighted by atomic mass is 35.5. The summed E-state index contributed by atoms with van der Waals surface area (Å²) in [5, 5.41) is 0. The lowest BCUT2D eigenvalue weighted by atomic mass is 10.0. The number of hydrogen-bond acceptors (Lipinski definition) is 3. The van der Waals surface area contributed by atoms with Crippen molar-refractivity contribution in [3.63, 3.8) is 0 Å². The predicted octanol–water partition coefficient (Wildman–Crippen LogP) is 3.46. The molecule has 0 saturated carbocycles. The Balaban J connectivity index is 1.91. The zero-order chi connectivity index (χ0) is 15.1. The smallest absolute Gasteiger partial charge is 0.149 e. The number of nitrogens with two attached hydrogens (primary N) is 1. The summed E-state index contributed by atoms with van der Waals surface area (Å²) in [6.45, 7) is 0.525. The van der Waals surface area contributed by atoms with E-state index in [0.29, 0.717) is 6.61 Å². The third-order valence-corrected chi connectivity index (χ3v) is 3.45. The van der Waals surface area contributed by atoms with Gasteiger partial charge in [-0.25, -0.2) is 0 Å². The van der Waals surface area contributed by atoms with Crippen molar-refractivity contribution in [1.29, 1.82) is 0 Å². The largest absolute Gasteiger partial charge is 0.489 e. The lowest BCUT2D eigenvalue weighted by Crippen LogP contribution is -2.16. The third kappa shape index (κ3) is 4.88. The topological polar surface area (TPSA) is 52.3 Å². The number of Topliss-reactive ketones (excluding diaryl/α,β-unsaturated/α-hetero) is 1. The molecule has 0 aliphatic heterocycles. The molecule has 1 atom stereocenters. The van der Waals surface area contributed by atoms with E-state index in [9.17, 15) is 4.79 Å². The van der Waals surface area contributed by atoms with Gasteiger partial charge in [0.05, 0.1) is 5.88 Å². The summed E-state index contributed by atoms with van der Waals surface area (Å²) in [5.74, 6) is 0.735. The number of carbonyl (C=O) groups is 1. The van der Waals surface area contributed by atoms with Gasteiger partial charge in [-0.05, 0) is 23.3 Å². The van der Waals surface area contributed by atoms with Gasteiger partial charge in [0.1, 0.15) is 18.1 Å². The molecule has 1 unspecified atom stereocenters. The lowest BCUT2D eigenvalue weighted by molar-refractivity contribution is -0.117. The average Bonchev–Trinajstić information content (AvgIpc) is 2.54. The summed E-state index contributed by atoms with van der Waals surface area (Å²) in [6.07, 6.45) is 0.258. The number of rotatable bonds is 7. The molecule has 3 nitrogen and oxygen atoms in total. The normalized spacial score (nSPS) is 11.9. The fourth-order valence-electron chi connectivity index (χ4n) is 1.97. The Morgan fingerprint density at radius 3 is 2.38 bits per heavy atom. The van der Waals surface area contributed by atoms with E-state index in [4.69, 9.17) is 22.1 Å². The van der Waals surface area contributed by atoms with Crippen LogP contribution in [-0.4, -0.2) is 11.7 Å². The van der Waals surface area contributed by atoms with Crippen LogP contribution in [0.15, 0.2) is 54.6 Å². The molecule has 0 amide bonds. The van der Waals surface area contributed by atoms with Gasteiger partial charge in [-0.2, -0.15) is 0 Å². The van der Waals surface area contributed by atoms with Crippen molar-refractivity contribution in [1.82, 2.24) is 0 Å². The number of halogens is 1. The summed E-state index contributed by atoms with van der Waals surface area (Å²) in [7, 11) is 0. The van der Waals surface area contributed by atoms with Crippen molar-refractivity contribution in [3.8, 4) is 5.75 Å². The molecule has 0 spiro atoms. The van der Waals surface area contributed by atoms with Crippen molar-refractivity contribution in [3.05, 3.63) is 65.7 Å². The van der Waals surface area contributed by atoms with Gasteiger partial charge < -0.3 is 10.5 Å². The maximum Gasteiger partial charge on any atom is 0.149 e. The fourth-order valence-corrected chi connectivity index (χ4v) is 2.08. The minimum atomic E-state index is -0.320. The number of benzene rings is 2. The van der Waals surface area contributed by atoms with Gasteiger partial charge in [-0.15, -0.1) is 11.6 Å². The maximum absolute atomic E-state index is 11.3. The lowest BCUT2D eigenvalue weighted by Gasteiger charge is -2.12. The standard InChI is InChI=1S/C17H18ClNO2/c18-11-15(20)10-17(19)14-6-8-16(9-7-14)21-12-13-4-2-1-3-5-13/h1-9,17H,10-12,19H2. The van der Waals surface area contributed by atoms with Crippen LogP contribution in [0.3, 0.4) is 0 Å². The molecule has 2 aromatic carbocycles. The van der Waals surface area contributed by atoms with E-state index >= 15 is 0 Å². The van der Waals surface area contributed by atoms with Gasteiger partial charge in [0.15, 0.2) is 0 Å². The highest BCUT2D eigenvalue weighted by Gasteiger charge is 2.10. The van der Waals surface area contributed by atoms with Crippen LogP contribution in [0.1, 0.15) is 23.6 Å². The van der Waals surface area contributed by atoms with E-state index in [0.717, 1.165) is 16.9 Å². The summed E-state index contributed by atoms with van der Waals surface area (Å²) < 4.78 is 5.70. The van der Waals surface area contributed by atoms with E-state index in [1.165, 1.54) is 0 Å². The first-order valence-corrected chi connectivity index (χ1v) is 7.32. The van der Waals surface area contributed by atoms with Crippen LogP contribution in [0.2, 0.25) is 0 Å². The molecule has 2 aromatic rings. The Labute approximate surface area is 129 Å². The molecule has 4 heteroatoms. The number of ketones is 1. The predicted molar refractivity (Wildman–Crippen MR) is 84.5 cm³/mol. The van der Waals surface area contributed by atoms with Crippen molar-refractivity contribution in [2.24, 2.45) is 5.73 Å². The van der Waals surface area contributed by atoms with Gasteiger partial charge in [0, 0.05) is 12.5 Å². The van der Waals surface area contributed by atoms with E-state index in [2.05, 4.69) is 0 Å². The second-order valence-corrected chi connectivity index (χ2v) is 5.09. The number of ether oxygens (including phenoxy) is 1. The first-order valence-electron chi connectivity index (χ1n) is 6.79. The Hall–Kier alpha value is -1.84. The zero-order valence-corrected chi connectivity index (χ0v) is 12.4. The van der Waals surface area contributed by atoms with Gasteiger partial charge in [0.25, 0.3) is 0 Å². The Kier molecular flexibility index (Phi) is 5.78. The molecule has 0 fully saturated rings. The number of alkyl halides is 1. The van der Waals surface area contributed by atoms with Gasteiger partial charge in [-0.3, -0.25) is 4.79 Å². The van der Waals surface area contributed by atoms with E-state index in [1.54, 1.807) is 0 Å². The molecule has 2 rings (SSSR count). The van der Waals surface area contributed by atoms with Crippen LogP contribution >= 0.6 is 11.6 Å². The van der Waals surface area contributed by atoms with Crippen LogP contribution in [0.5, 0.6) is 5.75 Å². The van der Waals surface area contributed by atoms with E-state index in [1.807, 2.05) is 54.6 Å². The molecule has 110 valence electrons. The molecule has 2 N–H and O–H groups in total. The number of hydrogen-bond donors (Lipinski definition) is 1. The van der Waals surface area contributed by atoms with Crippen LogP contribution in [0.25, 0.3) is 0 Å². The molecule has 0 saturated heterocycles. The molecular weight excluding hydrogens is 286 g/mol. The third-order valence-electron chi connectivity index (χ3n) is 3.15. The average molecular weight is 304 g/mol. The summed E-state index contributed by atoms with van der Waals surface area (Å²) in [4.78, 5) is 11.3. The zero-order valence-electron chi connectivity index (χ0n) is 11.7. The highest BCUT2D eigenvalue weighted by molar-refractivity contribution is 6.27. The first-order chi connectivity index (χ1) is 10.2. The van der Waals surface area contributed by atoms with Crippen LogP contribution in [0, 0.1) is 0 Å². The van der Waals surface area contributed by atoms with Crippen LogP contribution in [0.4, 0.5) is 0 Å². The Morgan fingerprint density at radius 2 is 1.76 bits per heavy atom. The number of carbonyl (C=O) groups excluding carboxylic acids is 1. The molecule has 0 aliphatic carbocycles. The molecule has 0 radical (unpaired) electrons. The van der Waals surface area contributed by atoms with E-state index < -0.39 is 0 Å². The second-order valence-electron chi connectivity index (χ2n) is 4.83. The van der Waals surface area contributed by atoms with Gasteiger partial charge in [-0.1, -0.05) is 42.5 Å². The highest BCUT2D eigenvalue weighted by Crippen LogP contribution is 2.19. The summed E-state index contributed by atoms with van der Waals surface area (Å²) in [6, 6.07) is 17.1. The maximum atomic E-state index is 11.3. The van der Waals surface area contributed by atoms with Gasteiger partial charge >= 0.3 is 0 Å². The summed E-state index contributed by atoms with van der Waals surface area (Å²) in [5.41, 5.74) is 7.99. The molecule has 0 aliphatic rings. The first kappa shape index (κ1) is 15.5. The molecule has 0 aromatic heterocycles. The van der Waals surface area contributed by atoms with Gasteiger partial charge in [0.2, 0.25) is 0 Å². The molecule has 0 heterocycles. The van der Waals surface area contributed by atoms with Crippen molar-refractivity contribution in [2.75, 3.05) is 5.88 Å². The molecule has 0 bridgehead atoms. The SMILES string of the molecule is NC(CC(=O)CCl)c1ccc(OCc2ccccc2)cc1.